The Hall–Kier alpha value is 0.200. The fourth-order valence-corrected chi connectivity index (χ4v) is 3.01. The Labute approximate surface area is 103 Å². The van der Waals surface area contributed by atoms with Crippen molar-refractivity contribution in [3.63, 3.8) is 0 Å². The molecule has 0 aliphatic heterocycles. The molecule has 0 heterocycles. The fourth-order valence-electron chi connectivity index (χ4n) is 1.05. The Morgan fingerprint density at radius 3 is 2.50 bits per heavy atom. The molecule has 0 bridgehead atoms. The van der Waals surface area contributed by atoms with E-state index in [9.17, 15) is 4.21 Å². The van der Waals surface area contributed by atoms with E-state index in [1.54, 1.807) is 6.26 Å². The first-order valence-electron chi connectivity index (χ1n) is 4.26. The number of benzene rings is 1. The zero-order chi connectivity index (χ0) is 9.52. The van der Waals surface area contributed by atoms with Crippen molar-refractivity contribution in [2.24, 2.45) is 0 Å². The Kier molecular flexibility index (Phi) is 8.63. The lowest BCUT2D eigenvalue weighted by molar-refractivity contribution is -0.00000376. The number of hydrogen-bond acceptors (Lipinski definition) is 1. The van der Waals surface area contributed by atoms with Crippen molar-refractivity contribution >= 4 is 22.6 Å². The summed E-state index contributed by atoms with van der Waals surface area (Å²) >= 11 is 1.30. The highest BCUT2D eigenvalue weighted by Crippen LogP contribution is 1.99. The van der Waals surface area contributed by atoms with Gasteiger partial charge in [-0.25, -0.2) is 0 Å². The van der Waals surface area contributed by atoms with Crippen molar-refractivity contribution in [2.75, 3.05) is 17.1 Å². The van der Waals surface area contributed by atoms with Crippen LogP contribution in [0.2, 0.25) is 0 Å². The van der Waals surface area contributed by atoms with Gasteiger partial charge in [0.25, 0.3) is 0 Å². The molecule has 1 rings (SSSR count). The SMILES string of the molecule is CS(=O)C[SH+]CCc1ccccc1.[Br-]. The van der Waals surface area contributed by atoms with E-state index in [1.165, 1.54) is 17.3 Å². The topological polar surface area (TPSA) is 17.1 Å². The molecule has 0 N–H and O–H groups in total. The molecule has 0 aliphatic rings. The minimum atomic E-state index is -0.636. The molecule has 0 spiro atoms. The van der Waals surface area contributed by atoms with Gasteiger partial charge in [-0.2, -0.15) is 0 Å². The third kappa shape index (κ3) is 6.62. The van der Waals surface area contributed by atoms with Gasteiger partial charge in [-0.1, -0.05) is 30.3 Å². The maximum Gasteiger partial charge on any atom is 0.179 e. The monoisotopic (exact) mass is 294 g/mol. The summed E-state index contributed by atoms with van der Waals surface area (Å²) in [6, 6.07) is 10.4. The van der Waals surface area contributed by atoms with Crippen molar-refractivity contribution in [1.29, 1.82) is 0 Å². The van der Waals surface area contributed by atoms with Crippen LogP contribution in [0.25, 0.3) is 0 Å². The summed E-state index contributed by atoms with van der Waals surface area (Å²) < 4.78 is 10.8. The maximum atomic E-state index is 10.8. The van der Waals surface area contributed by atoms with Gasteiger partial charge >= 0.3 is 0 Å². The number of hydrogen-bond donors (Lipinski definition) is 0. The van der Waals surface area contributed by atoms with Gasteiger partial charge in [0.2, 0.25) is 0 Å². The summed E-state index contributed by atoms with van der Waals surface area (Å²) in [6.07, 6.45) is 2.86. The van der Waals surface area contributed by atoms with Crippen molar-refractivity contribution in [1.82, 2.24) is 0 Å². The summed E-state index contributed by atoms with van der Waals surface area (Å²) in [6.45, 7) is 0. The number of aryl methyl sites for hydroxylation is 1. The molecule has 1 atom stereocenters. The molecule has 4 heteroatoms. The van der Waals surface area contributed by atoms with Crippen LogP contribution in [0.4, 0.5) is 0 Å². The van der Waals surface area contributed by atoms with Crippen LogP contribution >= 0.6 is 0 Å². The highest BCUT2D eigenvalue weighted by Gasteiger charge is 2.00. The van der Waals surface area contributed by atoms with Gasteiger partial charge in [-0.3, -0.25) is 4.21 Å². The van der Waals surface area contributed by atoms with Crippen LogP contribution in [0.15, 0.2) is 30.3 Å². The normalized spacial score (nSPS) is 11.8. The van der Waals surface area contributed by atoms with E-state index in [4.69, 9.17) is 0 Å². The van der Waals surface area contributed by atoms with Crippen molar-refractivity contribution in [2.45, 2.75) is 6.42 Å². The predicted molar refractivity (Wildman–Crippen MR) is 62.7 cm³/mol. The standard InChI is InChI=1S/C10H14OS2.BrH/c1-13(11)9-12-8-7-10-5-3-2-4-6-10;/h2-6H,7-9H2,1H3;1H. The molecular weight excluding hydrogens is 280 g/mol. The molecule has 0 aromatic heterocycles. The molecule has 0 amide bonds. The zero-order valence-corrected chi connectivity index (χ0v) is 11.4. The van der Waals surface area contributed by atoms with Crippen molar-refractivity contribution in [3.05, 3.63) is 35.9 Å². The van der Waals surface area contributed by atoms with Gasteiger partial charge in [-0.05, 0) is 17.3 Å². The third-order valence-corrected chi connectivity index (χ3v) is 4.40. The first-order valence-corrected chi connectivity index (χ1v) is 7.25. The molecule has 80 valence electrons. The minimum Gasteiger partial charge on any atom is -1.00 e. The smallest absolute Gasteiger partial charge is 0.179 e. The van der Waals surface area contributed by atoms with Gasteiger partial charge in [0, 0.05) is 12.7 Å². The van der Waals surface area contributed by atoms with E-state index >= 15 is 0 Å². The molecule has 0 radical (unpaired) electrons. The van der Waals surface area contributed by atoms with Crippen LogP contribution in [0.1, 0.15) is 5.56 Å². The number of thiol groups is 1. The van der Waals surface area contributed by atoms with Crippen LogP contribution in [-0.4, -0.2) is 21.3 Å². The second kappa shape index (κ2) is 8.50. The first kappa shape index (κ1) is 14.2. The van der Waals surface area contributed by atoms with E-state index in [0.717, 1.165) is 17.3 Å². The molecule has 1 unspecified atom stereocenters. The van der Waals surface area contributed by atoms with E-state index in [-0.39, 0.29) is 17.0 Å². The summed E-state index contributed by atoms with van der Waals surface area (Å²) in [5.41, 5.74) is 1.37. The molecule has 1 aromatic carbocycles. The van der Waals surface area contributed by atoms with Gasteiger partial charge in [-0.15, -0.1) is 0 Å². The maximum absolute atomic E-state index is 10.8. The number of halogens is 1. The van der Waals surface area contributed by atoms with E-state index in [0.29, 0.717) is 0 Å². The quantitative estimate of drug-likeness (QED) is 0.363. The summed E-state index contributed by atoms with van der Waals surface area (Å²) in [7, 11) is -0.636. The Morgan fingerprint density at radius 2 is 1.93 bits per heavy atom. The fraction of sp³-hybridized carbons (Fsp3) is 0.400. The van der Waals surface area contributed by atoms with Gasteiger partial charge < -0.3 is 17.0 Å². The molecule has 0 fully saturated rings. The Bertz CT molecular complexity index is 264. The third-order valence-electron chi connectivity index (χ3n) is 1.67. The Balaban J connectivity index is 0.00000169. The zero-order valence-electron chi connectivity index (χ0n) is 8.15. The van der Waals surface area contributed by atoms with Crippen molar-refractivity contribution in [3.8, 4) is 0 Å². The van der Waals surface area contributed by atoms with Crippen LogP contribution < -0.4 is 17.0 Å². The van der Waals surface area contributed by atoms with E-state index < -0.39 is 10.8 Å². The second-order valence-electron chi connectivity index (χ2n) is 2.89. The minimum absolute atomic E-state index is 0. The van der Waals surface area contributed by atoms with E-state index in [1.807, 2.05) is 6.07 Å². The molecule has 14 heavy (non-hydrogen) atoms. The molecule has 1 aromatic rings. The van der Waals surface area contributed by atoms with Crippen LogP contribution in [0.5, 0.6) is 0 Å². The lowest BCUT2D eigenvalue weighted by Crippen LogP contribution is -3.00. The first-order chi connectivity index (χ1) is 6.29. The average Bonchev–Trinajstić information content (AvgIpc) is 2.14. The average molecular weight is 295 g/mol. The highest BCUT2D eigenvalue weighted by atomic mass is 79.9. The lowest BCUT2D eigenvalue weighted by Gasteiger charge is -1.94. The highest BCUT2D eigenvalue weighted by molar-refractivity contribution is 7.98. The molecule has 0 aliphatic carbocycles. The second-order valence-corrected chi connectivity index (χ2v) is 5.96. The van der Waals surface area contributed by atoms with Gasteiger partial charge in [0.05, 0.1) is 10.8 Å². The summed E-state index contributed by atoms with van der Waals surface area (Å²) in [5, 5.41) is 0.812. The van der Waals surface area contributed by atoms with Gasteiger partial charge in [0.15, 0.2) is 5.08 Å². The summed E-state index contributed by atoms with van der Waals surface area (Å²) in [4.78, 5) is 0. The van der Waals surface area contributed by atoms with Gasteiger partial charge in [0.1, 0.15) is 5.75 Å². The van der Waals surface area contributed by atoms with Crippen LogP contribution in [0, 0.1) is 0 Å². The largest absolute Gasteiger partial charge is 1.00 e. The number of rotatable bonds is 5. The van der Waals surface area contributed by atoms with Crippen molar-refractivity contribution < 1.29 is 21.2 Å². The molecule has 0 saturated carbocycles. The Morgan fingerprint density at radius 1 is 1.29 bits per heavy atom. The predicted octanol–water partition coefficient (Wildman–Crippen LogP) is -1.62. The van der Waals surface area contributed by atoms with Crippen LogP contribution in [-0.2, 0) is 29.0 Å². The lowest BCUT2D eigenvalue weighted by atomic mass is 10.2. The van der Waals surface area contributed by atoms with Crippen LogP contribution in [0.3, 0.4) is 0 Å². The van der Waals surface area contributed by atoms with E-state index in [2.05, 4.69) is 24.3 Å². The molecule has 1 nitrogen and oxygen atoms in total. The molecule has 0 saturated heterocycles. The summed E-state index contributed by atoms with van der Waals surface area (Å²) in [5.74, 6) is 1.11. The molecular formula is C10H15BrOS2.